The van der Waals surface area contributed by atoms with Gasteiger partial charge in [-0.1, -0.05) is 23.7 Å². The van der Waals surface area contributed by atoms with E-state index in [-0.39, 0.29) is 23.6 Å². The SMILES string of the molecule is N=N[C@@H](CCNC(=O)/C=C/c1cccc(Cl)c1F)C(=O)O. The number of amides is 1. The number of nitrogens with zero attached hydrogens (tertiary/aromatic N) is 1. The van der Waals surface area contributed by atoms with Crippen molar-refractivity contribution >= 4 is 29.6 Å². The molecule has 0 fully saturated rings. The van der Waals surface area contributed by atoms with Crippen molar-refractivity contribution in [3.05, 3.63) is 40.7 Å². The molecule has 0 unspecified atom stereocenters. The molecule has 0 spiro atoms. The number of hydrogen-bond donors (Lipinski definition) is 3. The van der Waals surface area contributed by atoms with Gasteiger partial charge < -0.3 is 10.4 Å². The summed E-state index contributed by atoms with van der Waals surface area (Å²) in [5, 5.41) is 13.9. The summed E-state index contributed by atoms with van der Waals surface area (Å²) in [6.07, 6.45) is 2.38. The Morgan fingerprint density at radius 2 is 2.24 bits per heavy atom. The predicted molar refractivity (Wildman–Crippen MR) is 74.6 cm³/mol. The number of nitrogens with one attached hydrogen (secondary N) is 2. The van der Waals surface area contributed by atoms with E-state index < -0.39 is 23.7 Å². The molecule has 0 radical (unpaired) electrons. The number of aliphatic carboxylic acids is 1. The molecule has 1 aromatic rings. The number of carbonyl (C=O) groups excluding carboxylic acids is 1. The van der Waals surface area contributed by atoms with Crippen LogP contribution in [-0.4, -0.2) is 29.6 Å². The Labute approximate surface area is 125 Å². The van der Waals surface area contributed by atoms with Gasteiger partial charge in [0.05, 0.1) is 5.02 Å². The molecule has 1 rings (SSSR count). The van der Waals surface area contributed by atoms with Crippen molar-refractivity contribution in [2.75, 3.05) is 6.54 Å². The molecule has 0 bridgehead atoms. The first-order chi connectivity index (χ1) is 9.95. The van der Waals surface area contributed by atoms with Crippen molar-refractivity contribution < 1.29 is 19.1 Å². The van der Waals surface area contributed by atoms with Crippen molar-refractivity contribution in [3.63, 3.8) is 0 Å². The van der Waals surface area contributed by atoms with Gasteiger partial charge in [-0.05, 0) is 18.6 Å². The van der Waals surface area contributed by atoms with Gasteiger partial charge in [-0.2, -0.15) is 5.11 Å². The van der Waals surface area contributed by atoms with Crippen molar-refractivity contribution in [3.8, 4) is 0 Å². The van der Waals surface area contributed by atoms with Crippen molar-refractivity contribution in [1.82, 2.24) is 5.32 Å². The Hall–Kier alpha value is -2.28. The lowest BCUT2D eigenvalue weighted by Crippen LogP contribution is -2.28. The maximum Gasteiger partial charge on any atom is 0.330 e. The van der Waals surface area contributed by atoms with Crippen LogP contribution in [0.2, 0.25) is 5.02 Å². The van der Waals surface area contributed by atoms with Crippen LogP contribution in [-0.2, 0) is 9.59 Å². The molecule has 0 aromatic heterocycles. The van der Waals surface area contributed by atoms with E-state index in [4.69, 9.17) is 22.2 Å². The minimum Gasteiger partial charge on any atom is -0.480 e. The second-order valence-electron chi connectivity index (χ2n) is 4.04. The summed E-state index contributed by atoms with van der Waals surface area (Å²) in [6.45, 7) is 0.0422. The zero-order valence-corrected chi connectivity index (χ0v) is 11.6. The third-order valence-electron chi connectivity index (χ3n) is 2.55. The highest BCUT2D eigenvalue weighted by atomic mass is 35.5. The van der Waals surface area contributed by atoms with E-state index in [2.05, 4.69) is 10.4 Å². The minimum atomic E-state index is -1.23. The van der Waals surface area contributed by atoms with E-state index in [0.717, 1.165) is 6.08 Å². The average molecular weight is 314 g/mol. The third kappa shape index (κ3) is 5.31. The normalized spacial score (nSPS) is 12.1. The second kappa shape index (κ2) is 8.11. The molecule has 3 N–H and O–H groups in total. The number of carbonyl (C=O) groups is 2. The van der Waals surface area contributed by atoms with Crippen LogP contribution in [0.4, 0.5) is 4.39 Å². The lowest BCUT2D eigenvalue weighted by Gasteiger charge is -2.05. The van der Waals surface area contributed by atoms with Crippen molar-refractivity contribution in [2.24, 2.45) is 5.11 Å². The highest BCUT2D eigenvalue weighted by molar-refractivity contribution is 6.30. The number of carboxylic acids is 1. The Bertz CT molecular complexity index is 578. The topological polar surface area (TPSA) is 103 Å². The Balaban J connectivity index is 2.50. The molecule has 112 valence electrons. The fourth-order valence-corrected chi connectivity index (χ4v) is 1.63. The van der Waals surface area contributed by atoms with Gasteiger partial charge in [-0.15, -0.1) is 0 Å². The standard InChI is InChI=1S/C13H13ClFN3O3/c14-9-3-1-2-8(12(9)15)4-5-11(19)17-7-6-10(18-16)13(20)21/h1-5,10,16H,6-7H2,(H,17,19)(H,20,21)/b5-4+,18-16?/t10-/m0/s1. The summed E-state index contributed by atoms with van der Waals surface area (Å²) in [5.41, 5.74) is 6.85. The molecule has 1 atom stereocenters. The highest BCUT2D eigenvalue weighted by Crippen LogP contribution is 2.18. The molecule has 1 amide bonds. The number of hydrogen-bond acceptors (Lipinski definition) is 4. The van der Waals surface area contributed by atoms with Gasteiger partial charge in [0, 0.05) is 18.2 Å². The monoisotopic (exact) mass is 313 g/mol. The van der Waals surface area contributed by atoms with Gasteiger partial charge >= 0.3 is 5.97 Å². The molecule has 0 heterocycles. The molecule has 6 nitrogen and oxygen atoms in total. The summed E-state index contributed by atoms with van der Waals surface area (Å²) >= 11 is 5.60. The van der Waals surface area contributed by atoms with Gasteiger partial charge in [-0.25, -0.2) is 14.7 Å². The van der Waals surface area contributed by atoms with Crippen LogP contribution in [0.15, 0.2) is 29.4 Å². The highest BCUT2D eigenvalue weighted by Gasteiger charge is 2.15. The smallest absolute Gasteiger partial charge is 0.330 e. The maximum atomic E-state index is 13.5. The van der Waals surface area contributed by atoms with E-state index in [1.165, 1.54) is 18.2 Å². The largest absolute Gasteiger partial charge is 0.480 e. The summed E-state index contributed by atoms with van der Waals surface area (Å²) in [4.78, 5) is 22.1. The van der Waals surface area contributed by atoms with Crippen LogP contribution in [0.1, 0.15) is 12.0 Å². The quantitative estimate of drug-likeness (QED) is 0.532. The van der Waals surface area contributed by atoms with Gasteiger partial charge in [0.2, 0.25) is 5.91 Å². The molecule has 0 aliphatic rings. The van der Waals surface area contributed by atoms with Crippen LogP contribution in [0, 0.1) is 11.3 Å². The fourth-order valence-electron chi connectivity index (χ4n) is 1.45. The Kier molecular flexibility index (Phi) is 6.48. The van der Waals surface area contributed by atoms with E-state index in [1.807, 2.05) is 0 Å². The van der Waals surface area contributed by atoms with Gasteiger partial charge in [0.1, 0.15) is 5.82 Å². The van der Waals surface area contributed by atoms with E-state index in [0.29, 0.717) is 0 Å². The lowest BCUT2D eigenvalue weighted by atomic mass is 10.2. The van der Waals surface area contributed by atoms with Crippen LogP contribution < -0.4 is 5.32 Å². The van der Waals surface area contributed by atoms with E-state index in [1.54, 1.807) is 6.07 Å². The fraction of sp³-hybridized carbons (Fsp3) is 0.231. The summed E-state index contributed by atoms with van der Waals surface area (Å²) < 4.78 is 13.5. The molecule has 21 heavy (non-hydrogen) atoms. The maximum absolute atomic E-state index is 13.5. The average Bonchev–Trinajstić information content (AvgIpc) is 2.44. The van der Waals surface area contributed by atoms with Gasteiger partial charge in [0.25, 0.3) is 0 Å². The predicted octanol–water partition coefficient (Wildman–Crippen LogP) is 2.48. The van der Waals surface area contributed by atoms with Crippen LogP contribution in [0.3, 0.4) is 0 Å². The molecular weight excluding hydrogens is 301 g/mol. The Morgan fingerprint density at radius 1 is 1.52 bits per heavy atom. The summed E-state index contributed by atoms with van der Waals surface area (Å²) in [6, 6.07) is 3.23. The molecule has 0 saturated carbocycles. The number of rotatable bonds is 7. The Morgan fingerprint density at radius 3 is 2.86 bits per heavy atom. The zero-order chi connectivity index (χ0) is 15.8. The molecule has 1 aromatic carbocycles. The van der Waals surface area contributed by atoms with Gasteiger partial charge in [-0.3, -0.25) is 4.79 Å². The van der Waals surface area contributed by atoms with E-state index >= 15 is 0 Å². The summed E-state index contributed by atoms with van der Waals surface area (Å²) in [5.74, 6) is -2.36. The first-order valence-electron chi connectivity index (χ1n) is 5.95. The van der Waals surface area contributed by atoms with Crippen molar-refractivity contribution in [1.29, 1.82) is 5.53 Å². The molecule has 0 aliphatic carbocycles. The number of carboxylic acid groups (broad SMARTS) is 1. The van der Waals surface area contributed by atoms with Crippen LogP contribution in [0.5, 0.6) is 0 Å². The molecule has 8 heteroatoms. The van der Waals surface area contributed by atoms with Gasteiger partial charge in [0.15, 0.2) is 6.04 Å². The first-order valence-corrected chi connectivity index (χ1v) is 6.32. The van der Waals surface area contributed by atoms with E-state index in [9.17, 15) is 14.0 Å². The number of benzene rings is 1. The molecule has 0 aliphatic heterocycles. The van der Waals surface area contributed by atoms with Crippen LogP contribution in [0.25, 0.3) is 6.08 Å². The van der Waals surface area contributed by atoms with Crippen LogP contribution >= 0.6 is 11.6 Å². The third-order valence-corrected chi connectivity index (χ3v) is 2.85. The number of halogens is 2. The first kappa shape index (κ1) is 16.8. The lowest BCUT2D eigenvalue weighted by molar-refractivity contribution is -0.138. The zero-order valence-electron chi connectivity index (χ0n) is 10.8. The molecular formula is C13H13ClFN3O3. The second-order valence-corrected chi connectivity index (χ2v) is 4.45. The molecule has 0 saturated heterocycles. The van der Waals surface area contributed by atoms with Crippen molar-refractivity contribution in [2.45, 2.75) is 12.5 Å². The minimum absolute atomic E-state index is 0.00391. The summed E-state index contributed by atoms with van der Waals surface area (Å²) in [7, 11) is 0.